The Bertz CT molecular complexity index is 680. The lowest BCUT2D eigenvalue weighted by Crippen LogP contribution is -2.10. The van der Waals surface area contributed by atoms with E-state index >= 15 is 0 Å². The first-order valence-corrected chi connectivity index (χ1v) is 9.91. The molecule has 0 N–H and O–H groups in total. The molecule has 0 bridgehead atoms. The smallest absolute Gasteiger partial charge is 0.126 e. The van der Waals surface area contributed by atoms with E-state index in [1.165, 1.54) is 28.7 Å². The van der Waals surface area contributed by atoms with Gasteiger partial charge in [-0.05, 0) is 60.3 Å². The number of methoxy groups -OCH3 is 2. The van der Waals surface area contributed by atoms with Crippen molar-refractivity contribution >= 4 is 22.6 Å². The summed E-state index contributed by atoms with van der Waals surface area (Å²) in [6.07, 6.45) is 2.29. The summed E-state index contributed by atoms with van der Waals surface area (Å²) in [5.41, 5.74) is 6.14. The minimum atomic E-state index is 0.323. The highest BCUT2D eigenvalue weighted by atomic mass is 127. The van der Waals surface area contributed by atoms with Gasteiger partial charge in [0.05, 0.1) is 14.2 Å². The van der Waals surface area contributed by atoms with Crippen LogP contribution in [0.1, 0.15) is 46.6 Å². The normalized spacial score (nSPS) is 12.1. The van der Waals surface area contributed by atoms with E-state index in [2.05, 4.69) is 73.7 Å². The Hall–Kier alpha value is -1.23. The lowest BCUT2D eigenvalue weighted by Gasteiger charge is -2.26. The second kappa shape index (κ2) is 8.75. The van der Waals surface area contributed by atoms with Crippen molar-refractivity contribution in [1.29, 1.82) is 0 Å². The summed E-state index contributed by atoms with van der Waals surface area (Å²) >= 11 is 2.46. The fraction of sp³-hybridized carbons (Fsp3) is 0.429. The van der Waals surface area contributed by atoms with Crippen LogP contribution in [0.2, 0.25) is 0 Å². The molecule has 2 aromatic rings. The Balaban J connectivity index is 2.71. The van der Waals surface area contributed by atoms with E-state index in [1.54, 1.807) is 14.2 Å². The third kappa shape index (κ3) is 3.71. The molecular formula is C21H27IO2. The van der Waals surface area contributed by atoms with Gasteiger partial charge in [-0.15, -0.1) is 0 Å². The van der Waals surface area contributed by atoms with Gasteiger partial charge in [-0.3, -0.25) is 0 Å². The maximum absolute atomic E-state index is 5.86. The quantitative estimate of drug-likeness (QED) is 0.391. The lowest BCUT2D eigenvalue weighted by molar-refractivity contribution is 0.388. The molecule has 0 saturated heterocycles. The molecule has 0 heterocycles. The summed E-state index contributed by atoms with van der Waals surface area (Å²) in [5.74, 6) is 2.32. The van der Waals surface area contributed by atoms with E-state index in [9.17, 15) is 0 Å². The van der Waals surface area contributed by atoms with Crippen LogP contribution in [0.25, 0.3) is 0 Å². The zero-order chi connectivity index (χ0) is 17.7. The van der Waals surface area contributed by atoms with Crippen molar-refractivity contribution in [3.05, 3.63) is 58.1 Å². The molecular weight excluding hydrogens is 411 g/mol. The van der Waals surface area contributed by atoms with Crippen LogP contribution in [-0.4, -0.2) is 18.6 Å². The van der Waals surface area contributed by atoms with E-state index in [1.807, 2.05) is 0 Å². The van der Waals surface area contributed by atoms with Crippen molar-refractivity contribution in [2.45, 2.75) is 39.5 Å². The van der Waals surface area contributed by atoms with E-state index in [-0.39, 0.29) is 0 Å². The van der Waals surface area contributed by atoms with Crippen LogP contribution in [-0.2, 0) is 0 Å². The summed E-state index contributed by atoms with van der Waals surface area (Å²) in [4.78, 5) is 0. The van der Waals surface area contributed by atoms with Crippen LogP contribution >= 0.6 is 22.6 Å². The molecule has 2 aromatic carbocycles. The van der Waals surface area contributed by atoms with Gasteiger partial charge in [0, 0.05) is 11.5 Å². The molecule has 3 heteroatoms. The minimum Gasteiger partial charge on any atom is -0.496 e. The Morgan fingerprint density at radius 2 is 1.46 bits per heavy atom. The molecule has 0 amide bonds. The predicted molar refractivity (Wildman–Crippen MR) is 110 cm³/mol. The first-order valence-electron chi connectivity index (χ1n) is 8.39. The highest BCUT2D eigenvalue weighted by Gasteiger charge is 2.25. The summed E-state index contributed by atoms with van der Waals surface area (Å²) < 4.78 is 12.7. The molecule has 0 saturated carbocycles. The molecule has 0 spiro atoms. The van der Waals surface area contributed by atoms with Crippen LogP contribution < -0.4 is 9.47 Å². The Labute approximate surface area is 159 Å². The molecule has 0 aromatic heterocycles. The number of benzene rings is 2. The average Bonchev–Trinajstić information content (AvgIpc) is 2.61. The summed E-state index contributed by atoms with van der Waals surface area (Å²) in [6, 6.07) is 10.7. The largest absolute Gasteiger partial charge is 0.496 e. The summed E-state index contributed by atoms with van der Waals surface area (Å²) in [7, 11) is 3.53. The number of rotatable bonds is 7. The Morgan fingerprint density at radius 3 is 2.00 bits per heavy atom. The Morgan fingerprint density at radius 1 is 0.875 bits per heavy atom. The molecule has 0 radical (unpaired) electrons. The number of halogens is 1. The van der Waals surface area contributed by atoms with Gasteiger partial charge in [0.25, 0.3) is 0 Å². The second-order valence-electron chi connectivity index (χ2n) is 6.15. The van der Waals surface area contributed by atoms with E-state index in [4.69, 9.17) is 9.47 Å². The fourth-order valence-electron chi connectivity index (χ4n) is 3.55. The van der Waals surface area contributed by atoms with Crippen LogP contribution in [0.3, 0.4) is 0 Å². The predicted octanol–water partition coefficient (Wildman–Crippen LogP) is 5.98. The van der Waals surface area contributed by atoms with Gasteiger partial charge in [0.15, 0.2) is 0 Å². The minimum absolute atomic E-state index is 0.323. The van der Waals surface area contributed by atoms with Crippen LogP contribution in [0.4, 0.5) is 0 Å². The van der Waals surface area contributed by atoms with Crippen LogP contribution in [0.15, 0.2) is 30.3 Å². The van der Waals surface area contributed by atoms with Crippen molar-refractivity contribution in [2.24, 2.45) is 0 Å². The molecule has 0 aliphatic heterocycles. The van der Waals surface area contributed by atoms with Crippen molar-refractivity contribution in [3.63, 3.8) is 0 Å². The standard InChI is InChI=1S/C21H27IO2/c1-14-15(2)21(24-5)19(16(3)20(14)23-4)18(12-9-13-22)17-10-7-6-8-11-17/h6-8,10-11,18H,9,12-13H2,1-5H3. The number of ether oxygens (including phenoxy) is 2. The van der Waals surface area contributed by atoms with Gasteiger partial charge >= 0.3 is 0 Å². The molecule has 130 valence electrons. The molecule has 2 rings (SSSR count). The van der Waals surface area contributed by atoms with Crippen LogP contribution in [0.5, 0.6) is 11.5 Å². The average molecular weight is 438 g/mol. The van der Waals surface area contributed by atoms with E-state index in [0.717, 1.165) is 27.9 Å². The van der Waals surface area contributed by atoms with Gasteiger partial charge < -0.3 is 9.47 Å². The molecule has 24 heavy (non-hydrogen) atoms. The Kier molecular flexibility index (Phi) is 6.96. The van der Waals surface area contributed by atoms with E-state index < -0.39 is 0 Å². The third-order valence-corrected chi connectivity index (χ3v) is 5.58. The van der Waals surface area contributed by atoms with Crippen molar-refractivity contribution < 1.29 is 9.47 Å². The number of hydrogen-bond donors (Lipinski definition) is 0. The third-order valence-electron chi connectivity index (χ3n) is 4.82. The zero-order valence-electron chi connectivity index (χ0n) is 15.3. The molecule has 2 nitrogen and oxygen atoms in total. The van der Waals surface area contributed by atoms with E-state index in [0.29, 0.717) is 5.92 Å². The summed E-state index contributed by atoms with van der Waals surface area (Å²) in [6.45, 7) is 6.39. The van der Waals surface area contributed by atoms with Gasteiger partial charge in [0.1, 0.15) is 11.5 Å². The maximum Gasteiger partial charge on any atom is 0.126 e. The van der Waals surface area contributed by atoms with Crippen molar-refractivity contribution in [2.75, 3.05) is 18.6 Å². The highest BCUT2D eigenvalue weighted by Crippen LogP contribution is 2.44. The number of hydrogen-bond acceptors (Lipinski definition) is 2. The molecule has 0 aliphatic carbocycles. The van der Waals surface area contributed by atoms with Gasteiger partial charge in [-0.1, -0.05) is 52.9 Å². The van der Waals surface area contributed by atoms with Gasteiger partial charge in [-0.2, -0.15) is 0 Å². The number of alkyl halides is 1. The molecule has 0 fully saturated rings. The zero-order valence-corrected chi connectivity index (χ0v) is 17.4. The van der Waals surface area contributed by atoms with Crippen molar-refractivity contribution in [1.82, 2.24) is 0 Å². The molecule has 1 unspecified atom stereocenters. The van der Waals surface area contributed by atoms with Crippen molar-refractivity contribution in [3.8, 4) is 11.5 Å². The van der Waals surface area contributed by atoms with Gasteiger partial charge in [-0.25, -0.2) is 0 Å². The first kappa shape index (κ1) is 19.1. The fourth-order valence-corrected chi connectivity index (χ4v) is 3.99. The summed E-state index contributed by atoms with van der Waals surface area (Å²) in [5, 5.41) is 0. The monoisotopic (exact) mass is 438 g/mol. The first-order chi connectivity index (χ1) is 11.6. The van der Waals surface area contributed by atoms with Gasteiger partial charge in [0.2, 0.25) is 0 Å². The lowest BCUT2D eigenvalue weighted by atomic mass is 9.82. The second-order valence-corrected chi connectivity index (χ2v) is 7.23. The van der Waals surface area contributed by atoms with Crippen LogP contribution in [0, 0.1) is 20.8 Å². The molecule has 1 atom stereocenters. The topological polar surface area (TPSA) is 18.5 Å². The highest BCUT2D eigenvalue weighted by molar-refractivity contribution is 14.1. The maximum atomic E-state index is 5.86. The molecule has 0 aliphatic rings. The SMILES string of the molecule is COc1c(C)c(C)c(OC)c(C(CCCI)c2ccccc2)c1C.